The van der Waals surface area contributed by atoms with Gasteiger partial charge in [-0.2, -0.15) is 0 Å². The number of rotatable bonds is 6. The molecule has 4 rings (SSSR count). The Morgan fingerprint density at radius 3 is 2.58 bits per heavy atom. The van der Waals surface area contributed by atoms with E-state index in [-0.39, 0.29) is 11.9 Å². The fourth-order valence-corrected chi connectivity index (χ4v) is 4.55. The highest BCUT2D eigenvalue weighted by Gasteiger charge is 2.23. The fourth-order valence-electron chi connectivity index (χ4n) is 4.18. The molecule has 1 saturated carbocycles. The molecule has 2 N–H and O–H groups in total. The Bertz CT molecular complexity index is 880. The second kappa shape index (κ2) is 10.5. The van der Waals surface area contributed by atoms with E-state index in [0.717, 1.165) is 70.0 Å². The minimum absolute atomic E-state index is 0.152. The van der Waals surface area contributed by atoms with Crippen LogP contribution in [0.3, 0.4) is 0 Å². The summed E-state index contributed by atoms with van der Waals surface area (Å²) in [5.41, 5.74) is 1.48. The van der Waals surface area contributed by atoms with Gasteiger partial charge in [-0.05, 0) is 61.9 Å². The molecule has 8 heteroatoms. The molecular weight excluding hydrogens is 435 g/mol. The summed E-state index contributed by atoms with van der Waals surface area (Å²) >= 11 is 12.1. The van der Waals surface area contributed by atoms with E-state index < -0.39 is 0 Å². The highest BCUT2D eigenvalue weighted by molar-refractivity contribution is 6.35. The first kappa shape index (κ1) is 22.2. The first-order valence-corrected chi connectivity index (χ1v) is 11.6. The van der Waals surface area contributed by atoms with Gasteiger partial charge in [-0.1, -0.05) is 23.2 Å². The SMILES string of the molecule is O=C(NC1CCC(CNc2ccc(N3CCOCC3)nc2)CC1)c1cc(Cl)ccc1Cl. The predicted octanol–water partition coefficient (Wildman–Crippen LogP) is 4.63. The lowest BCUT2D eigenvalue weighted by molar-refractivity contribution is 0.0923. The lowest BCUT2D eigenvalue weighted by atomic mass is 9.86. The van der Waals surface area contributed by atoms with Crippen LogP contribution in [0, 0.1) is 5.92 Å². The van der Waals surface area contributed by atoms with Crippen LogP contribution >= 0.6 is 23.2 Å². The zero-order chi connectivity index (χ0) is 21.6. The number of morpholine rings is 1. The minimum atomic E-state index is -0.152. The molecule has 1 aliphatic carbocycles. The van der Waals surface area contributed by atoms with Crippen molar-refractivity contribution in [2.45, 2.75) is 31.7 Å². The van der Waals surface area contributed by atoms with Gasteiger partial charge in [0.1, 0.15) is 5.82 Å². The Morgan fingerprint density at radius 2 is 1.87 bits per heavy atom. The molecule has 2 heterocycles. The molecular formula is C23H28Cl2N4O2. The van der Waals surface area contributed by atoms with Crippen molar-refractivity contribution in [1.82, 2.24) is 10.3 Å². The van der Waals surface area contributed by atoms with E-state index in [1.807, 2.05) is 6.20 Å². The zero-order valence-corrected chi connectivity index (χ0v) is 19.0. The summed E-state index contributed by atoms with van der Waals surface area (Å²) in [6, 6.07) is 9.30. The molecule has 1 aliphatic heterocycles. The number of ether oxygens (including phenoxy) is 1. The molecule has 0 bridgehead atoms. The number of aromatic nitrogens is 1. The van der Waals surface area contributed by atoms with Gasteiger partial charge < -0.3 is 20.3 Å². The van der Waals surface area contributed by atoms with Gasteiger partial charge in [0.05, 0.1) is 35.7 Å². The second-order valence-electron chi connectivity index (χ2n) is 8.20. The van der Waals surface area contributed by atoms with Crippen molar-refractivity contribution in [3.63, 3.8) is 0 Å². The van der Waals surface area contributed by atoms with Gasteiger partial charge in [0.25, 0.3) is 5.91 Å². The monoisotopic (exact) mass is 462 g/mol. The quantitative estimate of drug-likeness (QED) is 0.654. The van der Waals surface area contributed by atoms with Crippen LogP contribution in [0.2, 0.25) is 10.0 Å². The smallest absolute Gasteiger partial charge is 0.253 e. The Balaban J connectivity index is 1.20. The number of anilines is 2. The van der Waals surface area contributed by atoms with Crippen molar-refractivity contribution in [2.75, 3.05) is 43.1 Å². The maximum Gasteiger partial charge on any atom is 0.253 e. The predicted molar refractivity (Wildman–Crippen MR) is 125 cm³/mol. The van der Waals surface area contributed by atoms with Crippen LogP contribution in [-0.2, 0) is 4.74 Å². The molecule has 1 aromatic heterocycles. The second-order valence-corrected chi connectivity index (χ2v) is 9.04. The molecule has 2 aromatic rings. The van der Waals surface area contributed by atoms with Crippen molar-refractivity contribution in [2.24, 2.45) is 5.92 Å². The van der Waals surface area contributed by atoms with E-state index in [1.165, 1.54) is 0 Å². The Morgan fingerprint density at radius 1 is 1.10 bits per heavy atom. The highest BCUT2D eigenvalue weighted by atomic mass is 35.5. The van der Waals surface area contributed by atoms with Gasteiger partial charge in [0, 0.05) is 30.7 Å². The molecule has 2 fully saturated rings. The number of carbonyl (C=O) groups is 1. The van der Waals surface area contributed by atoms with Crippen molar-refractivity contribution in [3.05, 3.63) is 52.1 Å². The third-order valence-corrected chi connectivity index (χ3v) is 6.60. The van der Waals surface area contributed by atoms with Crippen molar-refractivity contribution < 1.29 is 9.53 Å². The fraction of sp³-hybridized carbons (Fsp3) is 0.478. The Hall–Kier alpha value is -2.02. The standard InChI is InChI=1S/C23H28Cl2N4O2/c24-17-3-7-21(25)20(13-17)23(30)28-18-4-1-16(2-5-18)14-26-19-6-8-22(27-15-19)29-9-11-31-12-10-29/h3,6-8,13,15-16,18,26H,1-2,4-5,9-12,14H2,(H,28,30). The number of benzene rings is 1. The number of hydrogen-bond acceptors (Lipinski definition) is 5. The van der Waals surface area contributed by atoms with Gasteiger partial charge in [-0.25, -0.2) is 4.98 Å². The lowest BCUT2D eigenvalue weighted by Crippen LogP contribution is -2.38. The molecule has 1 saturated heterocycles. The first-order valence-electron chi connectivity index (χ1n) is 10.9. The average molecular weight is 463 g/mol. The zero-order valence-electron chi connectivity index (χ0n) is 17.4. The first-order chi connectivity index (χ1) is 15.1. The minimum Gasteiger partial charge on any atom is -0.384 e. The number of halogens is 2. The summed E-state index contributed by atoms with van der Waals surface area (Å²) in [4.78, 5) is 19.4. The van der Waals surface area contributed by atoms with Gasteiger partial charge in [-0.15, -0.1) is 0 Å². The third kappa shape index (κ3) is 6.03. The van der Waals surface area contributed by atoms with E-state index >= 15 is 0 Å². The number of hydrogen-bond donors (Lipinski definition) is 2. The van der Waals surface area contributed by atoms with Gasteiger partial charge in [0.15, 0.2) is 0 Å². The Kier molecular flexibility index (Phi) is 7.54. The number of nitrogens with zero attached hydrogens (tertiary/aromatic N) is 2. The number of nitrogens with one attached hydrogen (secondary N) is 2. The van der Waals surface area contributed by atoms with Crippen LogP contribution in [0.25, 0.3) is 0 Å². The largest absolute Gasteiger partial charge is 0.384 e. The summed E-state index contributed by atoms with van der Waals surface area (Å²) in [6.07, 6.45) is 5.97. The third-order valence-electron chi connectivity index (χ3n) is 6.03. The number of pyridine rings is 1. The molecule has 0 atom stereocenters. The molecule has 1 amide bonds. The summed E-state index contributed by atoms with van der Waals surface area (Å²) < 4.78 is 5.40. The molecule has 1 aromatic carbocycles. The normalized spacial score (nSPS) is 21.5. The van der Waals surface area contributed by atoms with Crippen LogP contribution in [0.5, 0.6) is 0 Å². The number of carbonyl (C=O) groups excluding carboxylic acids is 1. The van der Waals surface area contributed by atoms with E-state index in [1.54, 1.807) is 18.2 Å². The molecule has 31 heavy (non-hydrogen) atoms. The number of amides is 1. The molecule has 166 valence electrons. The summed E-state index contributed by atoms with van der Waals surface area (Å²) in [7, 11) is 0. The van der Waals surface area contributed by atoms with E-state index in [0.29, 0.717) is 21.5 Å². The van der Waals surface area contributed by atoms with E-state index in [2.05, 4.69) is 32.7 Å². The van der Waals surface area contributed by atoms with Gasteiger partial charge in [0.2, 0.25) is 0 Å². The van der Waals surface area contributed by atoms with Crippen LogP contribution in [0.4, 0.5) is 11.5 Å². The highest BCUT2D eigenvalue weighted by Crippen LogP contribution is 2.26. The van der Waals surface area contributed by atoms with E-state index in [4.69, 9.17) is 27.9 Å². The Labute approximate surface area is 193 Å². The molecule has 0 radical (unpaired) electrons. The molecule has 0 unspecified atom stereocenters. The molecule has 2 aliphatic rings. The topological polar surface area (TPSA) is 66.5 Å². The van der Waals surface area contributed by atoms with Crippen LogP contribution in [-0.4, -0.2) is 49.8 Å². The summed E-state index contributed by atoms with van der Waals surface area (Å²) in [5.74, 6) is 1.44. The van der Waals surface area contributed by atoms with Gasteiger partial charge in [-0.3, -0.25) is 4.79 Å². The van der Waals surface area contributed by atoms with Crippen LogP contribution in [0.15, 0.2) is 36.5 Å². The molecule has 6 nitrogen and oxygen atoms in total. The van der Waals surface area contributed by atoms with Crippen LogP contribution < -0.4 is 15.5 Å². The maximum absolute atomic E-state index is 12.5. The average Bonchev–Trinajstić information content (AvgIpc) is 2.81. The summed E-state index contributed by atoms with van der Waals surface area (Å²) in [5, 5.41) is 7.56. The summed E-state index contributed by atoms with van der Waals surface area (Å²) in [6.45, 7) is 4.22. The maximum atomic E-state index is 12.5. The van der Waals surface area contributed by atoms with Gasteiger partial charge >= 0.3 is 0 Å². The van der Waals surface area contributed by atoms with Crippen molar-refractivity contribution in [3.8, 4) is 0 Å². The van der Waals surface area contributed by atoms with E-state index in [9.17, 15) is 4.79 Å². The van der Waals surface area contributed by atoms with Crippen molar-refractivity contribution >= 4 is 40.6 Å². The molecule has 0 spiro atoms. The lowest BCUT2D eigenvalue weighted by Gasteiger charge is -2.30. The van der Waals surface area contributed by atoms with Crippen LogP contribution in [0.1, 0.15) is 36.0 Å². The van der Waals surface area contributed by atoms with Crippen molar-refractivity contribution in [1.29, 1.82) is 0 Å².